The summed E-state index contributed by atoms with van der Waals surface area (Å²) in [7, 11) is 0. The van der Waals surface area contributed by atoms with Gasteiger partial charge in [0.15, 0.2) is 0 Å². The maximum atomic E-state index is 7.22. The maximum Gasteiger partial charge on any atom is 0.222 e. The van der Waals surface area contributed by atoms with E-state index in [4.69, 9.17) is 28.2 Å². The molecule has 1 aliphatic heterocycles. The molecule has 2 heterocycles. The van der Waals surface area contributed by atoms with Crippen LogP contribution in [0.5, 0.6) is 0 Å². The Labute approximate surface area is 290 Å². The van der Waals surface area contributed by atoms with E-state index < -0.39 is 5.79 Å². The lowest BCUT2D eigenvalue weighted by Gasteiger charge is -2.37. The number of hydrogen-bond donors (Lipinski definition) is 2. The van der Waals surface area contributed by atoms with Crippen LogP contribution >= 0.6 is 23.2 Å². The molecule has 0 aliphatic carbocycles. The van der Waals surface area contributed by atoms with E-state index in [0.29, 0.717) is 15.9 Å². The number of nitrogens with zero attached hydrogens (tertiary/aromatic N) is 2. The van der Waals surface area contributed by atoms with E-state index in [0.717, 1.165) is 56.2 Å². The van der Waals surface area contributed by atoms with Gasteiger partial charge < -0.3 is 10.6 Å². The largest absolute Gasteiger partial charge is 0.339 e. The average molecular weight is 662 g/mol. The molecule has 1 aliphatic rings. The number of imidazole rings is 1. The SMILES string of the molecule is Clc1ccccc1-c1nc(-c2ccccc2)c(-c2ccccc2)n1C1(c2ccccc2Cl)NC(c2ccccc2)=C(c2ccccc2)N1. The van der Waals surface area contributed by atoms with Gasteiger partial charge in [0.25, 0.3) is 0 Å². The summed E-state index contributed by atoms with van der Waals surface area (Å²) >= 11 is 14.3. The Hall–Kier alpha value is -5.55. The Morgan fingerprint density at radius 1 is 0.458 bits per heavy atom. The number of rotatable bonds is 7. The molecule has 0 amide bonds. The summed E-state index contributed by atoms with van der Waals surface area (Å²) in [5.74, 6) is -0.478. The van der Waals surface area contributed by atoms with Crippen LogP contribution in [-0.2, 0) is 5.79 Å². The second-order valence-corrected chi connectivity index (χ2v) is 12.4. The van der Waals surface area contributed by atoms with E-state index in [-0.39, 0.29) is 0 Å². The van der Waals surface area contributed by atoms with Crippen molar-refractivity contribution in [1.29, 1.82) is 0 Å². The Bertz CT molecular complexity index is 2190. The van der Waals surface area contributed by atoms with Crippen molar-refractivity contribution in [3.63, 3.8) is 0 Å². The first-order valence-electron chi connectivity index (χ1n) is 15.8. The third-order valence-electron chi connectivity index (χ3n) is 8.67. The summed E-state index contributed by atoms with van der Waals surface area (Å²) in [6.45, 7) is 0. The highest BCUT2D eigenvalue weighted by Gasteiger charge is 2.47. The molecule has 2 N–H and O–H groups in total. The smallest absolute Gasteiger partial charge is 0.222 e. The van der Waals surface area contributed by atoms with Crippen LogP contribution in [0.4, 0.5) is 0 Å². The summed E-state index contributed by atoms with van der Waals surface area (Å²) in [6.07, 6.45) is 0. The van der Waals surface area contributed by atoms with Gasteiger partial charge in [0.2, 0.25) is 5.79 Å². The van der Waals surface area contributed by atoms with Gasteiger partial charge in [0, 0.05) is 22.3 Å². The molecular formula is C42H30Cl2N4. The second kappa shape index (κ2) is 12.6. The van der Waals surface area contributed by atoms with E-state index in [1.54, 1.807) is 0 Å². The van der Waals surface area contributed by atoms with Gasteiger partial charge in [-0.2, -0.15) is 0 Å². The lowest BCUT2D eigenvalue weighted by Crippen LogP contribution is -2.54. The van der Waals surface area contributed by atoms with E-state index in [1.807, 2.05) is 78.9 Å². The average Bonchev–Trinajstić information content (AvgIpc) is 3.75. The van der Waals surface area contributed by atoms with Crippen molar-refractivity contribution in [2.75, 3.05) is 0 Å². The molecule has 0 radical (unpaired) electrons. The van der Waals surface area contributed by atoms with Gasteiger partial charge in [0.05, 0.1) is 32.8 Å². The van der Waals surface area contributed by atoms with Crippen molar-refractivity contribution in [3.05, 3.63) is 197 Å². The molecule has 6 aromatic carbocycles. The highest BCUT2D eigenvalue weighted by atomic mass is 35.5. The zero-order chi connectivity index (χ0) is 32.5. The standard InChI is InChI=1S/C42H30Cl2N4/c43-35-27-15-13-25-33(35)41-45-39(31-21-9-3-10-22-31)40(32-23-11-4-12-24-32)48(41)42(34-26-14-16-28-36(34)44)46-37(29-17-5-1-6-18-29)38(47-42)30-19-7-2-8-20-30/h1-28,46-47H. The third kappa shape index (κ3) is 5.16. The molecule has 0 bridgehead atoms. The van der Waals surface area contributed by atoms with Gasteiger partial charge >= 0.3 is 0 Å². The minimum Gasteiger partial charge on any atom is -0.339 e. The predicted molar refractivity (Wildman–Crippen MR) is 198 cm³/mol. The summed E-state index contributed by atoms with van der Waals surface area (Å²) in [4.78, 5) is 5.47. The number of halogens is 2. The molecule has 6 heteroatoms. The van der Waals surface area contributed by atoms with Crippen molar-refractivity contribution in [2.24, 2.45) is 0 Å². The molecule has 0 saturated carbocycles. The van der Waals surface area contributed by atoms with Gasteiger partial charge in [-0.3, -0.25) is 4.57 Å². The van der Waals surface area contributed by atoms with Crippen LogP contribution in [0.1, 0.15) is 16.7 Å². The van der Waals surface area contributed by atoms with Crippen molar-refractivity contribution in [3.8, 4) is 33.9 Å². The van der Waals surface area contributed by atoms with Gasteiger partial charge in [-0.05, 0) is 29.3 Å². The molecule has 8 rings (SSSR count). The molecular weight excluding hydrogens is 631 g/mol. The Morgan fingerprint density at radius 2 is 0.896 bits per heavy atom. The quantitative estimate of drug-likeness (QED) is 0.179. The van der Waals surface area contributed by atoms with E-state index in [9.17, 15) is 0 Å². The minimum atomic E-state index is -1.16. The van der Waals surface area contributed by atoms with Crippen LogP contribution in [0.2, 0.25) is 10.0 Å². The van der Waals surface area contributed by atoms with Crippen LogP contribution in [0.3, 0.4) is 0 Å². The zero-order valence-corrected chi connectivity index (χ0v) is 27.3. The fraction of sp³-hybridized carbons (Fsp3) is 0.0238. The van der Waals surface area contributed by atoms with E-state index in [1.165, 1.54) is 0 Å². The lowest BCUT2D eigenvalue weighted by atomic mass is 10.0. The Kier molecular flexibility index (Phi) is 7.81. The number of benzene rings is 6. The highest BCUT2D eigenvalue weighted by molar-refractivity contribution is 6.33. The van der Waals surface area contributed by atoms with Crippen LogP contribution in [-0.4, -0.2) is 9.55 Å². The predicted octanol–water partition coefficient (Wildman–Crippen LogP) is 10.6. The summed E-state index contributed by atoms with van der Waals surface area (Å²) in [5.41, 5.74) is 9.24. The molecule has 0 atom stereocenters. The van der Waals surface area contributed by atoms with Crippen molar-refractivity contribution in [2.45, 2.75) is 5.79 Å². The molecule has 0 saturated heterocycles. The topological polar surface area (TPSA) is 41.9 Å². The Morgan fingerprint density at radius 3 is 1.42 bits per heavy atom. The molecule has 0 unspecified atom stereocenters. The third-order valence-corrected chi connectivity index (χ3v) is 9.33. The van der Waals surface area contributed by atoms with Gasteiger partial charge in [-0.25, -0.2) is 4.98 Å². The first-order chi connectivity index (χ1) is 23.6. The molecule has 4 nitrogen and oxygen atoms in total. The molecule has 7 aromatic rings. The number of nitrogens with one attached hydrogen (secondary N) is 2. The van der Waals surface area contributed by atoms with E-state index >= 15 is 0 Å². The van der Waals surface area contributed by atoms with Crippen LogP contribution < -0.4 is 10.6 Å². The normalized spacial score (nSPS) is 13.6. The highest BCUT2D eigenvalue weighted by Crippen LogP contribution is 2.47. The van der Waals surface area contributed by atoms with Gasteiger partial charge in [0.1, 0.15) is 5.82 Å². The summed E-state index contributed by atoms with van der Waals surface area (Å²) < 4.78 is 2.24. The van der Waals surface area contributed by atoms with Crippen molar-refractivity contribution >= 4 is 34.6 Å². The molecule has 0 spiro atoms. The summed E-state index contributed by atoms with van der Waals surface area (Å²) in [6, 6.07) is 57.2. The van der Waals surface area contributed by atoms with E-state index in [2.05, 4.69) is 106 Å². The number of aromatic nitrogens is 2. The number of hydrogen-bond acceptors (Lipinski definition) is 3. The molecule has 1 aromatic heterocycles. The minimum absolute atomic E-state index is 0.592. The Balaban J connectivity index is 1.52. The molecule has 0 fully saturated rings. The molecule has 232 valence electrons. The maximum absolute atomic E-state index is 7.22. The molecule has 48 heavy (non-hydrogen) atoms. The van der Waals surface area contributed by atoms with Crippen LogP contribution in [0, 0.1) is 0 Å². The van der Waals surface area contributed by atoms with Crippen LogP contribution in [0.15, 0.2) is 170 Å². The fourth-order valence-electron chi connectivity index (χ4n) is 6.51. The zero-order valence-electron chi connectivity index (χ0n) is 25.8. The monoisotopic (exact) mass is 660 g/mol. The first kappa shape index (κ1) is 29.8. The summed E-state index contributed by atoms with van der Waals surface area (Å²) in [5, 5.41) is 9.21. The van der Waals surface area contributed by atoms with Gasteiger partial charge in [-0.1, -0.05) is 175 Å². The van der Waals surface area contributed by atoms with Crippen molar-refractivity contribution in [1.82, 2.24) is 20.2 Å². The van der Waals surface area contributed by atoms with Crippen LogP contribution in [0.25, 0.3) is 45.3 Å². The van der Waals surface area contributed by atoms with Crippen molar-refractivity contribution < 1.29 is 0 Å². The lowest BCUT2D eigenvalue weighted by molar-refractivity contribution is 0.306. The first-order valence-corrected chi connectivity index (χ1v) is 16.5. The second-order valence-electron chi connectivity index (χ2n) is 11.6. The fourth-order valence-corrected chi connectivity index (χ4v) is 7.00. The van der Waals surface area contributed by atoms with Gasteiger partial charge in [-0.15, -0.1) is 0 Å².